The van der Waals surface area contributed by atoms with Crippen molar-refractivity contribution in [3.05, 3.63) is 42.0 Å². The van der Waals surface area contributed by atoms with Crippen molar-refractivity contribution in [1.82, 2.24) is 0 Å². The third kappa shape index (κ3) is 3.85. The van der Waals surface area contributed by atoms with Gasteiger partial charge in [0.25, 0.3) is 0 Å². The first-order valence-electron chi connectivity index (χ1n) is 4.72. The lowest BCUT2D eigenvalue weighted by molar-refractivity contribution is 0.0697. The first-order chi connectivity index (χ1) is 7.15. The molecule has 1 rings (SSSR count). The number of benzene rings is 1. The molecule has 0 aliphatic heterocycles. The number of carbonyl (C=O) groups is 1. The first-order valence-corrected chi connectivity index (χ1v) is 4.72. The summed E-state index contributed by atoms with van der Waals surface area (Å²) < 4.78 is 4.88. The van der Waals surface area contributed by atoms with E-state index in [-0.39, 0.29) is 5.56 Å². The molecule has 82 valence electrons. The van der Waals surface area contributed by atoms with Gasteiger partial charge in [0.2, 0.25) is 0 Å². The monoisotopic (exact) mass is 208 g/mol. The van der Waals surface area contributed by atoms with Gasteiger partial charge in [-0.25, -0.2) is 4.79 Å². The molecule has 1 aromatic rings. The molecule has 3 heteroatoms. The zero-order valence-electron chi connectivity index (χ0n) is 9.28. The maximum absolute atomic E-state index is 10.6. The molecule has 0 heterocycles. The number of hydrogen-bond donors (Lipinski definition) is 1. The summed E-state index contributed by atoms with van der Waals surface area (Å²) in [5.41, 5.74) is 0.915. The van der Waals surface area contributed by atoms with Crippen LogP contribution in [0.5, 0.6) is 0 Å². The van der Waals surface area contributed by atoms with Gasteiger partial charge < -0.3 is 9.84 Å². The van der Waals surface area contributed by atoms with Crippen LogP contribution in [-0.4, -0.2) is 18.2 Å². The largest absolute Gasteiger partial charge is 0.497 e. The third-order valence-electron chi connectivity index (χ3n) is 1.68. The molecule has 0 saturated heterocycles. The van der Waals surface area contributed by atoms with Crippen molar-refractivity contribution in [3.63, 3.8) is 0 Å². The zero-order chi connectivity index (χ0) is 11.8. The van der Waals surface area contributed by atoms with E-state index in [1.807, 2.05) is 13.8 Å². The van der Waals surface area contributed by atoms with E-state index in [0.29, 0.717) is 11.3 Å². The summed E-state index contributed by atoms with van der Waals surface area (Å²) in [5, 5.41) is 8.69. The van der Waals surface area contributed by atoms with Crippen LogP contribution in [0.15, 0.2) is 30.8 Å². The van der Waals surface area contributed by atoms with Crippen LogP contribution in [0.4, 0.5) is 0 Å². The highest BCUT2D eigenvalue weighted by molar-refractivity contribution is 5.88. The molecule has 1 aromatic carbocycles. The summed E-state index contributed by atoms with van der Waals surface area (Å²) in [6.07, 6.45) is 0. The maximum atomic E-state index is 10.6. The van der Waals surface area contributed by atoms with Crippen LogP contribution in [0.1, 0.15) is 29.8 Å². The second kappa shape index (κ2) is 6.65. The number of rotatable bonds is 3. The number of ether oxygens (including phenoxy) is 1. The molecule has 1 N–H and O–H groups in total. The van der Waals surface area contributed by atoms with Gasteiger partial charge in [0.1, 0.15) is 5.76 Å². The highest BCUT2D eigenvalue weighted by atomic mass is 16.5. The Kier molecular flexibility index (Phi) is 5.86. The van der Waals surface area contributed by atoms with Crippen LogP contribution in [0.25, 0.3) is 5.76 Å². The van der Waals surface area contributed by atoms with Crippen LogP contribution >= 0.6 is 0 Å². The fraction of sp³-hybridized carbons (Fsp3) is 0.250. The molecular weight excluding hydrogens is 192 g/mol. The topological polar surface area (TPSA) is 46.5 Å². The lowest BCUT2D eigenvalue weighted by Crippen LogP contribution is -1.97. The second-order valence-electron chi connectivity index (χ2n) is 2.51. The van der Waals surface area contributed by atoms with Gasteiger partial charge in [0.15, 0.2) is 0 Å². The Morgan fingerprint density at radius 3 is 2.33 bits per heavy atom. The normalized spacial score (nSPS) is 8.47. The Bertz CT molecular complexity index is 342. The van der Waals surface area contributed by atoms with Crippen LogP contribution < -0.4 is 0 Å². The molecule has 15 heavy (non-hydrogen) atoms. The van der Waals surface area contributed by atoms with Gasteiger partial charge in [-0.3, -0.25) is 0 Å². The summed E-state index contributed by atoms with van der Waals surface area (Å²) in [6.45, 7) is 7.63. The number of methoxy groups -OCH3 is 1. The second-order valence-corrected chi connectivity index (χ2v) is 2.51. The van der Waals surface area contributed by atoms with Crippen molar-refractivity contribution >= 4 is 11.7 Å². The highest BCUT2D eigenvalue weighted by Crippen LogP contribution is 2.14. The molecule has 0 saturated carbocycles. The van der Waals surface area contributed by atoms with E-state index in [4.69, 9.17) is 9.84 Å². The Morgan fingerprint density at radius 1 is 1.33 bits per heavy atom. The minimum Gasteiger partial charge on any atom is -0.497 e. The lowest BCUT2D eigenvalue weighted by Gasteiger charge is -2.04. The van der Waals surface area contributed by atoms with Crippen LogP contribution in [0.2, 0.25) is 0 Å². The number of carboxylic acid groups (broad SMARTS) is 1. The van der Waals surface area contributed by atoms with E-state index in [0.717, 1.165) is 0 Å². The van der Waals surface area contributed by atoms with Gasteiger partial charge in [0.05, 0.1) is 12.7 Å². The van der Waals surface area contributed by atoms with Crippen LogP contribution in [-0.2, 0) is 4.74 Å². The Balaban J connectivity index is 0.000000921. The molecule has 3 nitrogen and oxygen atoms in total. The van der Waals surface area contributed by atoms with Crippen molar-refractivity contribution in [2.24, 2.45) is 0 Å². The van der Waals surface area contributed by atoms with E-state index >= 15 is 0 Å². The summed E-state index contributed by atoms with van der Waals surface area (Å²) >= 11 is 0. The molecule has 0 aromatic heterocycles. The van der Waals surface area contributed by atoms with Gasteiger partial charge in [0, 0.05) is 5.56 Å². The van der Waals surface area contributed by atoms with Gasteiger partial charge in [-0.1, -0.05) is 32.6 Å². The smallest absolute Gasteiger partial charge is 0.335 e. The summed E-state index contributed by atoms with van der Waals surface area (Å²) in [6, 6.07) is 6.45. The van der Waals surface area contributed by atoms with Gasteiger partial charge in [-0.2, -0.15) is 0 Å². The van der Waals surface area contributed by atoms with Gasteiger partial charge in [-0.05, 0) is 12.1 Å². The number of hydrogen-bond acceptors (Lipinski definition) is 2. The average Bonchev–Trinajstić information content (AvgIpc) is 2.30. The Labute approximate surface area is 90.0 Å². The molecule has 0 aliphatic carbocycles. The number of carboxylic acids is 1. The molecule has 0 amide bonds. The summed E-state index contributed by atoms with van der Waals surface area (Å²) in [7, 11) is 1.50. The SMILES string of the molecule is C=C(OC)c1cccc(C(=O)O)c1.CC. The highest BCUT2D eigenvalue weighted by Gasteiger charge is 2.04. The van der Waals surface area contributed by atoms with E-state index < -0.39 is 5.97 Å². The molecule has 0 spiro atoms. The first kappa shape index (κ1) is 13.2. The Morgan fingerprint density at radius 2 is 1.87 bits per heavy atom. The molecule has 0 fully saturated rings. The van der Waals surface area contributed by atoms with Crippen molar-refractivity contribution in [1.29, 1.82) is 0 Å². The van der Waals surface area contributed by atoms with E-state index in [2.05, 4.69) is 6.58 Å². The fourth-order valence-corrected chi connectivity index (χ4v) is 0.944. The quantitative estimate of drug-likeness (QED) is 0.776. The lowest BCUT2D eigenvalue weighted by atomic mass is 10.1. The molecule has 0 radical (unpaired) electrons. The minimum atomic E-state index is -0.953. The molecule has 0 unspecified atom stereocenters. The average molecular weight is 208 g/mol. The third-order valence-corrected chi connectivity index (χ3v) is 1.68. The predicted octanol–water partition coefficient (Wildman–Crippen LogP) is 3.03. The summed E-state index contributed by atoms with van der Waals surface area (Å²) in [5.74, 6) is -0.492. The molecule has 0 bridgehead atoms. The van der Waals surface area contributed by atoms with Gasteiger partial charge in [-0.15, -0.1) is 0 Å². The van der Waals surface area contributed by atoms with E-state index in [9.17, 15) is 4.79 Å². The maximum Gasteiger partial charge on any atom is 0.335 e. The standard InChI is InChI=1S/C10H10O3.C2H6/c1-7(13-2)8-4-3-5-9(6-8)10(11)12;1-2/h3-6H,1H2,2H3,(H,11,12);1-2H3. The van der Waals surface area contributed by atoms with Crippen molar-refractivity contribution < 1.29 is 14.6 Å². The minimum absolute atomic E-state index is 0.232. The van der Waals surface area contributed by atoms with Gasteiger partial charge >= 0.3 is 5.97 Å². The Hall–Kier alpha value is -1.77. The van der Waals surface area contributed by atoms with E-state index in [1.165, 1.54) is 19.2 Å². The molecule has 0 atom stereocenters. The fourth-order valence-electron chi connectivity index (χ4n) is 0.944. The summed E-state index contributed by atoms with van der Waals surface area (Å²) in [4.78, 5) is 10.6. The zero-order valence-corrected chi connectivity index (χ0v) is 9.28. The van der Waals surface area contributed by atoms with E-state index in [1.54, 1.807) is 12.1 Å². The molecular formula is C12H16O3. The van der Waals surface area contributed by atoms with Crippen LogP contribution in [0.3, 0.4) is 0 Å². The van der Waals surface area contributed by atoms with Crippen molar-refractivity contribution in [3.8, 4) is 0 Å². The number of aromatic carboxylic acids is 1. The van der Waals surface area contributed by atoms with Crippen LogP contribution in [0, 0.1) is 0 Å². The van der Waals surface area contributed by atoms with Crippen molar-refractivity contribution in [2.45, 2.75) is 13.8 Å². The molecule has 0 aliphatic rings. The van der Waals surface area contributed by atoms with Crippen molar-refractivity contribution in [2.75, 3.05) is 7.11 Å². The predicted molar refractivity (Wildman–Crippen MR) is 60.8 cm³/mol.